The lowest BCUT2D eigenvalue weighted by Crippen LogP contribution is -2.63. The van der Waals surface area contributed by atoms with Crippen molar-refractivity contribution < 1.29 is 72.4 Å². The van der Waals surface area contributed by atoms with E-state index in [0.717, 1.165) is 31.0 Å². The lowest BCUT2D eigenvalue weighted by Gasteiger charge is -2.40. The van der Waals surface area contributed by atoms with Crippen LogP contribution in [-0.4, -0.2) is 264 Å². The van der Waals surface area contributed by atoms with Crippen molar-refractivity contribution in [3.05, 3.63) is 0 Å². The number of nitrogens with one attached hydrogen (secondary N) is 3. The molecule has 2 aliphatic heterocycles. The standard InChI is InChI=1S/C71H128N10O15/c1-23-53-69(92)75(17)50(15)67(90)80(22)61(51(16)96-34-28-26-30-81-31-35-95-36-32-81)58(84)41-52(45(8)9)68(91)76(18)54(37-42(2)3)57(83)40-48(13)63(86)72-49(14)66(89)77(19)55(38-43(4)5)70(93)78(20)56(39-44(6)7)71(94)79(21)60(46(10)11)65(88)74-59(64(87)73-53)62(85)47(12)29-25-24-27-33-82/h42-56,59-62,82,85H,23-41H2,1-22H3,(H,72,86)(H,73,87)(H,74,88)/t47-,48-,49-,50-,51-,52+,53+,54+,55+,56+,59+,60+,61+,62-/m1/s1. The Kier molecular flexibility index (Phi) is 37.6. The molecule has 2 aliphatic rings. The number of aliphatic hydroxyl groups excluding tert-OH is 2. The molecule has 2 saturated heterocycles. The highest BCUT2D eigenvalue weighted by Gasteiger charge is 2.45. The van der Waals surface area contributed by atoms with E-state index in [-0.39, 0.29) is 69.5 Å². The minimum Gasteiger partial charge on any atom is -0.396 e. The molecule has 0 aromatic rings. The highest BCUT2D eigenvalue weighted by molar-refractivity contribution is 6.00. The molecule has 25 nitrogen and oxygen atoms in total. The molecule has 0 bridgehead atoms. The third-order valence-corrected chi connectivity index (χ3v) is 19.4. The molecular formula is C71H128N10O15. The number of Topliss-reactive ketones (excluding diaryl/α,β-unsaturated/α-hetero) is 2. The Morgan fingerprint density at radius 2 is 1.04 bits per heavy atom. The smallest absolute Gasteiger partial charge is 0.245 e. The zero-order chi connectivity index (χ0) is 73.3. The topological polar surface area (TPSA) is 305 Å². The van der Waals surface area contributed by atoms with Crippen LogP contribution in [0.1, 0.15) is 188 Å². The number of amides is 9. The van der Waals surface area contributed by atoms with Gasteiger partial charge in [0.1, 0.15) is 48.3 Å². The van der Waals surface area contributed by atoms with Crippen molar-refractivity contribution in [1.29, 1.82) is 0 Å². The molecule has 2 heterocycles. The number of hydrogen-bond acceptors (Lipinski definition) is 16. The highest BCUT2D eigenvalue weighted by Crippen LogP contribution is 2.28. The molecule has 552 valence electrons. The number of carbonyl (C=O) groups is 11. The summed E-state index contributed by atoms with van der Waals surface area (Å²) in [6.07, 6.45) is 0.860. The van der Waals surface area contributed by atoms with Gasteiger partial charge in [0, 0.05) is 93.3 Å². The molecule has 0 aromatic heterocycles. The summed E-state index contributed by atoms with van der Waals surface area (Å²) in [7, 11) is 8.68. The van der Waals surface area contributed by atoms with Crippen LogP contribution in [0.25, 0.3) is 0 Å². The van der Waals surface area contributed by atoms with Gasteiger partial charge in [-0.05, 0) is 114 Å². The zero-order valence-electron chi connectivity index (χ0n) is 62.7. The van der Waals surface area contributed by atoms with Gasteiger partial charge in [-0.1, -0.05) is 103 Å². The van der Waals surface area contributed by atoms with Gasteiger partial charge in [-0.2, -0.15) is 0 Å². The quantitative estimate of drug-likeness (QED) is 0.0877. The second kappa shape index (κ2) is 41.7. The van der Waals surface area contributed by atoms with Crippen molar-refractivity contribution in [2.75, 3.05) is 88.3 Å². The van der Waals surface area contributed by atoms with Crippen LogP contribution in [0.5, 0.6) is 0 Å². The molecule has 0 saturated carbocycles. The molecule has 0 unspecified atom stereocenters. The third-order valence-electron chi connectivity index (χ3n) is 19.4. The molecular weight excluding hydrogens is 1230 g/mol. The summed E-state index contributed by atoms with van der Waals surface area (Å²) < 4.78 is 11.9. The number of rotatable bonds is 23. The maximum Gasteiger partial charge on any atom is 0.245 e. The summed E-state index contributed by atoms with van der Waals surface area (Å²) >= 11 is 0. The molecule has 2 fully saturated rings. The minimum absolute atomic E-state index is 0.0102. The van der Waals surface area contributed by atoms with Gasteiger partial charge in [0.05, 0.1) is 31.5 Å². The van der Waals surface area contributed by atoms with Crippen LogP contribution in [0.3, 0.4) is 0 Å². The van der Waals surface area contributed by atoms with E-state index in [1.165, 1.54) is 80.6 Å². The van der Waals surface area contributed by atoms with Crippen LogP contribution in [-0.2, 0) is 62.2 Å². The van der Waals surface area contributed by atoms with Gasteiger partial charge in [0.15, 0.2) is 11.6 Å². The number of carbonyl (C=O) groups excluding carboxylic acids is 11. The normalized spacial score (nSPS) is 27.4. The second-order valence-corrected chi connectivity index (χ2v) is 29.5. The maximum absolute atomic E-state index is 15.2. The SMILES string of the molecule is CC[C@@H]1NC(=O)[C@H]([C@H](O)[C@H](C)CCCCCO)NC(=O)[C@H](C(C)C)N(C)C(=O)[C@H](CC(C)C)N(C)C(=O)[C@H](CC(C)C)N(C)C(=O)[C@@H](C)NC(=O)[C@H](C)CC(=O)[C@H](CC(C)C)N(C)C(=O)[C@H](C(C)C)CC(=O)[C@H]([C@@H](C)OCCCCN2CCOCC2)N(C)C(=O)[C@@H](C)N(C)C1=O. The molecule has 0 aliphatic carbocycles. The number of unbranched alkanes of at least 4 members (excludes halogenated alkanes) is 3. The molecule has 2 rings (SSSR count). The number of morpholine rings is 1. The van der Waals surface area contributed by atoms with E-state index in [2.05, 4.69) is 20.9 Å². The Morgan fingerprint density at radius 3 is 1.56 bits per heavy atom. The predicted octanol–water partition coefficient (Wildman–Crippen LogP) is 4.55. The maximum atomic E-state index is 15.2. The fourth-order valence-electron chi connectivity index (χ4n) is 13.0. The Hall–Kier alpha value is -5.63. The number of nitrogens with zero attached hydrogens (tertiary/aromatic N) is 7. The predicted molar refractivity (Wildman–Crippen MR) is 369 cm³/mol. The van der Waals surface area contributed by atoms with Crippen molar-refractivity contribution in [3.63, 3.8) is 0 Å². The van der Waals surface area contributed by atoms with Gasteiger partial charge >= 0.3 is 0 Å². The number of aliphatic hydroxyl groups is 2. The first-order valence-electron chi connectivity index (χ1n) is 35.6. The van der Waals surface area contributed by atoms with Crippen molar-refractivity contribution in [2.24, 2.45) is 47.3 Å². The molecule has 9 amide bonds. The molecule has 96 heavy (non-hydrogen) atoms. The Balaban J connectivity index is 2.98. The van der Waals surface area contributed by atoms with E-state index in [9.17, 15) is 48.6 Å². The van der Waals surface area contributed by atoms with E-state index in [1.807, 2.05) is 41.5 Å². The van der Waals surface area contributed by atoms with E-state index >= 15 is 14.4 Å². The third kappa shape index (κ3) is 25.6. The Morgan fingerprint density at radius 1 is 0.521 bits per heavy atom. The van der Waals surface area contributed by atoms with Gasteiger partial charge in [-0.15, -0.1) is 0 Å². The summed E-state index contributed by atoms with van der Waals surface area (Å²) in [5.41, 5.74) is 0. The highest BCUT2D eigenvalue weighted by atomic mass is 16.5. The van der Waals surface area contributed by atoms with E-state index < -0.39 is 161 Å². The second-order valence-electron chi connectivity index (χ2n) is 29.5. The van der Waals surface area contributed by atoms with Crippen molar-refractivity contribution in [2.45, 2.75) is 254 Å². The van der Waals surface area contributed by atoms with Gasteiger partial charge < -0.3 is 65.0 Å². The first-order chi connectivity index (χ1) is 44.8. The minimum atomic E-state index is -1.70. The van der Waals surface area contributed by atoms with Crippen LogP contribution >= 0.6 is 0 Å². The molecule has 14 atom stereocenters. The molecule has 0 radical (unpaired) electrons. The summed E-state index contributed by atoms with van der Waals surface area (Å²) in [5, 5.41) is 29.9. The number of ether oxygens (including phenoxy) is 2. The van der Waals surface area contributed by atoms with Crippen LogP contribution in [0.2, 0.25) is 0 Å². The summed E-state index contributed by atoms with van der Waals surface area (Å²) in [6.45, 7) is 31.8. The Bertz CT molecular complexity index is 2530. The van der Waals surface area contributed by atoms with Crippen LogP contribution in [0.15, 0.2) is 0 Å². The number of hydrogen-bond donors (Lipinski definition) is 5. The molecule has 0 aromatic carbocycles. The average molecular weight is 1360 g/mol. The van der Waals surface area contributed by atoms with Crippen molar-refractivity contribution >= 4 is 64.7 Å². The first kappa shape index (κ1) is 86.5. The van der Waals surface area contributed by atoms with Gasteiger partial charge in [-0.25, -0.2) is 0 Å². The van der Waals surface area contributed by atoms with Crippen LogP contribution in [0, 0.1) is 47.3 Å². The lowest BCUT2D eigenvalue weighted by molar-refractivity contribution is -0.154. The van der Waals surface area contributed by atoms with Crippen molar-refractivity contribution in [3.8, 4) is 0 Å². The van der Waals surface area contributed by atoms with E-state index in [0.29, 0.717) is 45.3 Å². The van der Waals surface area contributed by atoms with Gasteiger partial charge in [0.2, 0.25) is 53.2 Å². The first-order valence-corrected chi connectivity index (χ1v) is 35.6. The van der Waals surface area contributed by atoms with Crippen molar-refractivity contribution in [1.82, 2.24) is 50.2 Å². The summed E-state index contributed by atoms with van der Waals surface area (Å²) in [4.78, 5) is 173. The number of likely N-dealkylation sites (N-methyl/N-ethyl adjacent to an activating group) is 6. The Labute approximate surface area is 575 Å². The molecule has 0 spiro atoms. The van der Waals surface area contributed by atoms with E-state index in [4.69, 9.17) is 9.47 Å². The zero-order valence-corrected chi connectivity index (χ0v) is 62.7. The van der Waals surface area contributed by atoms with E-state index in [1.54, 1.807) is 55.4 Å². The molecule has 25 heteroatoms. The number of ketones is 2. The monoisotopic (exact) mass is 1360 g/mol. The van der Waals surface area contributed by atoms with Crippen LogP contribution < -0.4 is 16.0 Å². The fourth-order valence-corrected chi connectivity index (χ4v) is 13.0. The lowest BCUT2D eigenvalue weighted by atomic mass is 9.85. The fraction of sp³-hybridized carbons (Fsp3) is 0.845. The molecule has 5 N–H and O–H groups in total. The summed E-state index contributed by atoms with van der Waals surface area (Å²) in [6, 6.07) is -11.4. The average Bonchev–Trinajstić information content (AvgIpc) is 0.881. The van der Waals surface area contributed by atoms with Crippen LogP contribution in [0.4, 0.5) is 0 Å². The largest absolute Gasteiger partial charge is 0.396 e. The summed E-state index contributed by atoms with van der Waals surface area (Å²) in [5.74, 6) is -11.1. The van der Waals surface area contributed by atoms with Gasteiger partial charge in [-0.3, -0.25) is 57.6 Å². The van der Waals surface area contributed by atoms with Gasteiger partial charge in [0.25, 0.3) is 0 Å².